The van der Waals surface area contributed by atoms with Crippen molar-refractivity contribution in [1.29, 1.82) is 0 Å². The Morgan fingerprint density at radius 2 is 1.86 bits per heavy atom. The molecule has 234 valence electrons. The lowest BCUT2D eigenvalue weighted by Gasteiger charge is -2.25. The first-order chi connectivity index (χ1) is 20.8. The Morgan fingerprint density at radius 1 is 1.18 bits per heavy atom. The fourth-order valence-corrected chi connectivity index (χ4v) is 5.31. The van der Waals surface area contributed by atoms with Crippen LogP contribution in [0.4, 0.5) is 9.18 Å². The third kappa shape index (κ3) is 6.49. The monoisotopic (exact) mass is 629 g/mol. The van der Waals surface area contributed by atoms with Crippen LogP contribution >= 0.6 is 11.3 Å². The number of rotatable bonds is 9. The number of fused-ring (bicyclic) bond motifs is 1. The maximum Gasteiger partial charge on any atom is 0.429 e. The Morgan fingerprint density at radius 3 is 2.48 bits per heavy atom. The van der Waals surface area contributed by atoms with E-state index in [1.807, 2.05) is 0 Å². The molecule has 0 unspecified atom stereocenters. The number of benzene rings is 1. The van der Waals surface area contributed by atoms with E-state index in [2.05, 4.69) is 15.4 Å². The average molecular weight is 630 g/mol. The zero-order chi connectivity index (χ0) is 32.3. The van der Waals surface area contributed by atoms with E-state index in [0.717, 1.165) is 20.9 Å². The summed E-state index contributed by atoms with van der Waals surface area (Å²) in [4.78, 5) is 47.4. The van der Waals surface area contributed by atoms with Crippen LogP contribution in [0.2, 0.25) is 0 Å². The van der Waals surface area contributed by atoms with Crippen molar-refractivity contribution >= 4 is 45.3 Å². The third-order valence-corrected chi connectivity index (χ3v) is 7.29. The van der Waals surface area contributed by atoms with E-state index < -0.39 is 28.8 Å². The number of thiophene rings is 1. The highest BCUT2D eigenvalue weighted by Crippen LogP contribution is 2.33. The molecule has 3 aromatic heterocycles. The molecule has 0 atom stereocenters. The highest BCUT2D eigenvalue weighted by atomic mass is 32.1. The number of methoxy groups -OCH3 is 1. The standard InChI is InChI=1S/C28H32FN7O7S/c1-16(32-41-8)15-42-21(19-13-18(29)9-10-20(19)40-7)14-34-25-22(17(2)24(44-25)36-30-11-12-31-36)23(37)35(26(34)38)33(6)27(39)43-28(3,4)5/h9-14H,15H2,1-8H3. The Bertz CT molecular complexity index is 1870. The van der Waals surface area contributed by atoms with Crippen LogP contribution in [-0.4, -0.2) is 69.5 Å². The number of nitrogens with zero attached hydrogens (tertiary/aromatic N) is 7. The molecule has 0 saturated heterocycles. The number of amides is 1. The summed E-state index contributed by atoms with van der Waals surface area (Å²) in [6.45, 7) is 8.18. The number of aryl methyl sites for hydroxylation is 1. The normalized spacial score (nSPS) is 12.4. The highest BCUT2D eigenvalue weighted by molar-refractivity contribution is 7.21. The predicted molar refractivity (Wildman–Crippen MR) is 164 cm³/mol. The van der Waals surface area contributed by atoms with Gasteiger partial charge in [0, 0.05) is 12.6 Å². The molecule has 0 N–H and O–H groups in total. The number of hydrogen-bond donors (Lipinski definition) is 0. The molecule has 3 heterocycles. The summed E-state index contributed by atoms with van der Waals surface area (Å²) in [6, 6.07) is 3.80. The van der Waals surface area contributed by atoms with Crippen LogP contribution in [0.3, 0.4) is 0 Å². The van der Waals surface area contributed by atoms with Gasteiger partial charge in [0.15, 0.2) is 0 Å². The first-order valence-corrected chi connectivity index (χ1v) is 14.0. The molecule has 0 fully saturated rings. The van der Waals surface area contributed by atoms with Crippen LogP contribution in [0.25, 0.3) is 27.2 Å². The quantitative estimate of drug-likeness (QED) is 0.154. The van der Waals surface area contributed by atoms with Gasteiger partial charge in [-0.3, -0.25) is 9.36 Å². The minimum Gasteiger partial charge on any atom is -0.496 e. The third-order valence-electron chi connectivity index (χ3n) is 6.03. The van der Waals surface area contributed by atoms with Gasteiger partial charge in [-0.25, -0.2) is 19.0 Å². The number of ether oxygens (including phenoxy) is 3. The molecule has 0 spiro atoms. The second-order valence-corrected chi connectivity index (χ2v) is 11.4. The van der Waals surface area contributed by atoms with Gasteiger partial charge in [-0.1, -0.05) is 16.5 Å². The predicted octanol–water partition coefficient (Wildman–Crippen LogP) is 3.76. The van der Waals surface area contributed by atoms with E-state index in [1.165, 1.54) is 62.9 Å². The maximum absolute atomic E-state index is 14.5. The second-order valence-electron chi connectivity index (χ2n) is 10.4. The number of carbonyl (C=O) groups is 1. The lowest BCUT2D eigenvalue weighted by molar-refractivity contribution is 0.0546. The summed E-state index contributed by atoms with van der Waals surface area (Å²) < 4.78 is 33.2. The van der Waals surface area contributed by atoms with Crippen LogP contribution in [0.1, 0.15) is 38.8 Å². The van der Waals surface area contributed by atoms with Crippen molar-refractivity contribution in [1.82, 2.24) is 24.2 Å². The fourth-order valence-electron chi connectivity index (χ4n) is 4.13. The van der Waals surface area contributed by atoms with Gasteiger partial charge in [0.1, 0.15) is 46.5 Å². The molecule has 16 heteroatoms. The van der Waals surface area contributed by atoms with E-state index in [9.17, 15) is 18.8 Å². The van der Waals surface area contributed by atoms with Gasteiger partial charge < -0.3 is 19.0 Å². The summed E-state index contributed by atoms with van der Waals surface area (Å²) in [5.74, 6) is -0.361. The number of halogens is 1. The molecular weight excluding hydrogens is 597 g/mol. The van der Waals surface area contributed by atoms with Crippen molar-refractivity contribution in [3.63, 3.8) is 0 Å². The topological polar surface area (TPSA) is 144 Å². The van der Waals surface area contributed by atoms with Gasteiger partial charge in [-0.2, -0.15) is 14.9 Å². The van der Waals surface area contributed by atoms with Crippen LogP contribution in [0.15, 0.2) is 45.3 Å². The van der Waals surface area contributed by atoms with Crippen molar-refractivity contribution in [3.05, 3.63) is 68.4 Å². The summed E-state index contributed by atoms with van der Waals surface area (Å²) in [7, 11) is 4.02. The van der Waals surface area contributed by atoms with Crippen molar-refractivity contribution in [2.75, 3.05) is 32.9 Å². The molecule has 0 radical (unpaired) electrons. The molecule has 4 aromatic rings. The summed E-state index contributed by atoms with van der Waals surface area (Å²) in [6.07, 6.45) is 3.29. The lowest BCUT2D eigenvalue weighted by Crippen LogP contribution is -2.53. The van der Waals surface area contributed by atoms with E-state index >= 15 is 0 Å². The van der Waals surface area contributed by atoms with Crippen molar-refractivity contribution in [2.45, 2.75) is 40.2 Å². The van der Waals surface area contributed by atoms with E-state index in [1.54, 1.807) is 34.6 Å². The van der Waals surface area contributed by atoms with Crippen LogP contribution in [0, 0.1) is 12.7 Å². The molecule has 0 bridgehead atoms. The van der Waals surface area contributed by atoms with Gasteiger partial charge in [0.2, 0.25) is 0 Å². The molecule has 0 saturated carbocycles. The van der Waals surface area contributed by atoms with Crippen molar-refractivity contribution in [2.24, 2.45) is 5.16 Å². The van der Waals surface area contributed by atoms with Crippen molar-refractivity contribution in [3.8, 4) is 10.8 Å². The Labute approximate surface area is 255 Å². The summed E-state index contributed by atoms with van der Waals surface area (Å²) in [5.41, 5.74) is -1.57. The average Bonchev–Trinajstić information content (AvgIpc) is 3.60. The zero-order valence-electron chi connectivity index (χ0n) is 25.4. The van der Waals surface area contributed by atoms with Gasteiger partial charge in [0.25, 0.3) is 5.56 Å². The number of oxime groups is 1. The van der Waals surface area contributed by atoms with Crippen LogP contribution < -0.4 is 21.0 Å². The van der Waals surface area contributed by atoms with E-state index in [-0.39, 0.29) is 33.9 Å². The Kier molecular flexibility index (Phi) is 9.22. The minimum atomic E-state index is -0.942. The number of hydrogen-bond acceptors (Lipinski definition) is 11. The maximum atomic E-state index is 14.5. The Balaban J connectivity index is 2.08. The van der Waals surface area contributed by atoms with E-state index in [0.29, 0.717) is 21.0 Å². The molecular formula is C28H32FN7O7S. The zero-order valence-corrected chi connectivity index (χ0v) is 26.3. The van der Waals surface area contributed by atoms with Gasteiger partial charge >= 0.3 is 11.8 Å². The first kappa shape index (κ1) is 31.9. The summed E-state index contributed by atoms with van der Waals surface area (Å²) in [5, 5.41) is 13.5. The van der Waals surface area contributed by atoms with Crippen LogP contribution in [0.5, 0.6) is 5.75 Å². The first-order valence-electron chi connectivity index (χ1n) is 13.2. The molecule has 0 aliphatic carbocycles. The second kappa shape index (κ2) is 12.7. The molecule has 0 aliphatic rings. The minimum absolute atomic E-state index is 0.00894. The molecule has 4 rings (SSSR count). The molecule has 44 heavy (non-hydrogen) atoms. The fraction of sp³-hybridized carbons (Fsp3) is 0.357. The van der Waals surface area contributed by atoms with Gasteiger partial charge in [-0.05, 0) is 52.8 Å². The SMILES string of the molecule is CON=C(C)COC(=Cn1c(=O)n(N(C)C(=O)OC(C)(C)C)c(=O)c2c(C)c(-n3nccn3)sc21)c1cc(F)ccc1OC. The molecule has 0 aliphatic heterocycles. The smallest absolute Gasteiger partial charge is 0.429 e. The number of carbonyl (C=O) groups excluding carboxylic acids is 1. The van der Waals surface area contributed by atoms with E-state index in [4.69, 9.17) is 19.0 Å². The molecule has 1 amide bonds. The largest absolute Gasteiger partial charge is 0.496 e. The van der Waals surface area contributed by atoms with Crippen molar-refractivity contribution < 1.29 is 28.2 Å². The lowest BCUT2D eigenvalue weighted by atomic mass is 10.1. The Hall–Kier alpha value is -4.99. The highest BCUT2D eigenvalue weighted by Gasteiger charge is 2.28. The molecule has 1 aromatic carbocycles. The van der Waals surface area contributed by atoms with Gasteiger partial charge in [-0.15, -0.1) is 4.80 Å². The summed E-state index contributed by atoms with van der Waals surface area (Å²) >= 11 is 1.06. The number of aromatic nitrogens is 5. The van der Waals surface area contributed by atoms with Gasteiger partial charge in [0.05, 0.1) is 42.4 Å². The van der Waals surface area contributed by atoms with Crippen LogP contribution in [-0.2, 0) is 14.3 Å². The molecule has 14 nitrogen and oxygen atoms in total.